The lowest BCUT2D eigenvalue weighted by Crippen LogP contribution is -2.32. The molecule has 0 saturated heterocycles. The van der Waals surface area contributed by atoms with Gasteiger partial charge in [0, 0.05) is 24.8 Å². The minimum absolute atomic E-state index is 0.103. The first-order valence-electron chi connectivity index (χ1n) is 8.17. The summed E-state index contributed by atoms with van der Waals surface area (Å²) >= 11 is 0. The first-order valence-corrected chi connectivity index (χ1v) is 8.17. The molecule has 1 N–H and O–H groups in total. The molecule has 0 spiro atoms. The van der Waals surface area contributed by atoms with Gasteiger partial charge < -0.3 is 15.0 Å². The van der Waals surface area contributed by atoms with Crippen LogP contribution in [0.3, 0.4) is 0 Å². The van der Waals surface area contributed by atoms with Gasteiger partial charge in [-0.05, 0) is 31.2 Å². The van der Waals surface area contributed by atoms with Crippen molar-refractivity contribution in [3.63, 3.8) is 0 Å². The van der Waals surface area contributed by atoms with Crippen molar-refractivity contribution >= 4 is 11.6 Å². The molecule has 0 bridgehead atoms. The molecular weight excluding hydrogens is 345 g/mol. The number of anilines is 1. The second-order valence-electron chi connectivity index (χ2n) is 5.72. The number of carbonyl (C=O) groups excluding carboxylic acids is 1. The fourth-order valence-electron chi connectivity index (χ4n) is 2.39. The van der Waals surface area contributed by atoms with E-state index < -0.39 is 11.7 Å². The molecule has 0 aliphatic rings. The number of halogens is 3. The molecule has 0 fully saturated rings. The van der Waals surface area contributed by atoms with Gasteiger partial charge in [-0.25, -0.2) is 0 Å². The maximum atomic E-state index is 12.7. The van der Waals surface area contributed by atoms with E-state index in [4.69, 9.17) is 4.74 Å². The van der Waals surface area contributed by atoms with E-state index in [1.165, 1.54) is 17.0 Å². The summed E-state index contributed by atoms with van der Waals surface area (Å²) in [5, 5.41) is 2.74. The molecule has 26 heavy (non-hydrogen) atoms. The highest BCUT2D eigenvalue weighted by Crippen LogP contribution is 2.30. The third-order valence-corrected chi connectivity index (χ3v) is 3.74. The summed E-state index contributed by atoms with van der Waals surface area (Å²) in [7, 11) is 1.64. The molecule has 4 nitrogen and oxygen atoms in total. The Hall–Kier alpha value is -2.70. The highest BCUT2D eigenvalue weighted by molar-refractivity contribution is 5.80. The fourth-order valence-corrected chi connectivity index (χ4v) is 2.39. The molecule has 7 heteroatoms. The molecule has 0 unspecified atom stereocenters. The van der Waals surface area contributed by atoms with Gasteiger partial charge in [-0.1, -0.05) is 24.3 Å². The third-order valence-electron chi connectivity index (χ3n) is 3.74. The first-order chi connectivity index (χ1) is 12.3. The van der Waals surface area contributed by atoms with Crippen molar-refractivity contribution in [1.82, 2.24) is 4.90 Å². The Labute approximate surface area is 150 Å². The average molecular weight is 366 g/mol. The Morgan fingerprint density at radius 3 is 2.58 bits per heavy atom. The molecule has 2 rings (SSSR count). The second kappa shape index (κ2) is 8.60. The van der Waals surface area contributed by atoms with Crippen LogP contribution < -0.4 is 10.1 Å². The molecule has 0 aromatic heterocycles. The monoisotopic (exact) mass is 366 g/mol. The van der Waals surface area contributed by atoms with Crippen molar-refractivity contribution in [2.75, 3.05) is 25.5 Å². The smallest absolute Gasteiger partial charge is 0.416 e. The van der Waals surface area contributed by atoms with Gasteiger partial charge in [0.15, 0.2) is 0 Å². The zero-order valence-corrected chi connectivity index (χ0v) is 14.6. The van der Waals surface area contributed by atoms with Crippen molar-refractivity contribution in [2.24, 2.45) is 0 Å². The number of hydrogen-bond donors (Lipinski definition) is 1. The van der Waals surface area contributed by atoms with Gasteiger partial charge in [-0.15, -0.1) is 0 Å². The van der Waals surface area contributed by atoms with Crippen LogP contribution >= 0.6 is 0 Å². The molecule has 2 aromatic rings. The van der Waals surface area contributed by atoms with Crippen molar-refractivity contribution in [2.45, 2.75) is 19.6 Å². The average Bonchev–Trinajstić information content (AvgIpc) is 2.61. The fraction of sp³-hybridized carbons (Fsp3) is 0.316. The number of rotatable bonds is 7. The number of ether oxygens (including phenoxy) is 1. The maximum Gasteiger partial charge on any atom is 0.416 e. The van der Waals surface area contributed by atoms with Crippen LogP contribution in [0.15, 0.2) is 48.5 Å². The van der Waals surface area contributed by atoms with E-state index in [2.05, 4.69) is 5.32 Å². The van der Waals surface area contributed by atoms with Crippen molar-refractivity contribution in [3.05, 3.63) is 59.7 Å². The number of hydrogen-bond acceptors (Lipinski definition) is 3. The third kappa shape index (κ3) is 5.40. The van der Waals surface area contributed by atoms with Gasteiger partial charge >= 0.3 is 6.18 Å². The maximum absolute atomic E-state index is 12.7. The number of likely N-dealkylation sites (N-methyl/N-ethyl adjacent to an activating group) is 1. The topological polar surface area (TPSA) is 41.6 Å². The Morgan fingerprint density at radius 2 is 1.88 bits per heavy atom. The highest BCUT2D eigenvalue weighted by atomic mass is 19.4. The van der Waals surface area contributed by atoms with E-state index in [9.17, 15) is 18.0 Å². The van der Waals surface area contributed by atoms with Crippen molar-refractivity contribution in [1.29, 1.82) is 0 Å². The van der Waals surface area contributed by atoms with Gasteiger partial charge in [0.2, 0.25) is 5.91 Å². The molecule has 0 aliphatic heterocycles. The molecule has 0 aliphatic carbocycles. The van der Waals surface area contributed by atoms with Crippen LogP contribution in [0.1, 0.15) is 18.1 Å². The van der Waals surface area contributed by atoms with E-state index in [-0.39, 0.29) is 18.1 Å². The van der Waals surface area contributed by atoms with Gasteiger partial charge in [-0.3, -0.25) is 4.79 Å². The number of carbonyl (C=O) groups is 1. The van der Waals surface area contributed by atoms with Crippen molar-refractivity contribution in [3.8, 4) is 5.75 Å². The van der Waals surface area contributed by atoms with Gasteiger partial charge in [-0.2, -0.15) is 13.2 Å². The summed E-state index contributed by atoms with van der Waals surface area (Å²) in [6, 6.07) is 12.2. The Morgan fingerprint density at radius 1 is 1.15 bits per heavy atom. The normalized spacial score (nSPS) is 11.1. The van der Waals surface area contributed by atoms with Crippen LogP contribution in [0.4, 0.5) is 18.9 Å². The van der Waals surface area contributed by atoms with E-state index >= 15 is 0 Å². The van der Waals surface area contributed by atoms with Crippen LogP contribution in [0.25, 0.3) is 0 Å². The molecule has 0 atom stereocenters. The van der Waals surface area contributed by atoms with Crippen LogP contribution in [0, 0.1) is 0 Å². The lowest BCUT2D eigenvalue weighted by atomic mass is 10.2. The lowest BCUT2D eigenvalue weighted by Gasteiger charge is -2.20. The molecular formula is C19H21F3N2O2. The zero-order valence-electron chi connectivity index (χ0n) is 14.6. The first kappa shape index (κ1) is 19.6. The summed E-state index contributed by atoms with van der Waals surface area (Å²) in [5.74, 6) is 0.467. The van der Waals surface area contributed by atoms with Crippen molar-refractivity contribution < 1.29 is 22.7 Å². The molecule has 0 radical (unpaired) electrons. The number of alkyl halides is 3. The number of amides is 1. The quantitative estimate of drug-likeness (QED) is 0.800. The number of benzene rings is 2. The van der Waals surface area contributed by atoms with Crippen LogP contribution in [-0.4, -0.2) is 31.0 Å². The SMILES string of the molecule is CCOc1ccccc1CN(C)C(=O)CNc1cccc(C(F)(F)F)c1. The largest absolute Gasteiger partial charge is 0.494 e. The van der Waals surface area contributed by atoms with Gasteiger partial charge in [0.1, 0.15) is 5.75 Å². The molecule has 0 saturated carbocycles. The Bertz CT molecular complexity index is 748. The molecule has 2 aromatic carbocycles. The van der Waals surface area contributed by atoms with Crippen LogP contribution in [0.2, 0.25) is 0 Å². The molecule has 140 valence electrons. The zero-order chi connectivity index (χ0) is 19.2. The summed E-state index contributed by atoms with van der Waals surface area (Å²) in [6.45, 7) is 2.64. The Balaban J connectivity index is 1.96. The van der Waals surface area contributed by atoms with Crippen LogP contribution in [0.5, 0.6) is 5.75 Å². The lowest BCUT2D eigenvalue weighted by molar-refractivity contribution is -0.137. The highest BCUT2D eigenvalue weighted by Gasteiger charge is 2.30. The summed E-state index contributed by atoms with van der Waals surface area (Å²) in [4.78, 5) is 13.8. The second-order valence-corrected chi connectivity index (χ2v) is 5.72. The van der Waals surface area contributed by atoms with E-state index in [0.29, 0.717) is 18.9 Å². The van der Waals surface area contributed by atoms with Crippen LogP contribution in [-0.2, 0) is 17.5 Å². The van der Waals surface area contributed by atoms with E-state index in [1.807, 2.05) is 31.2 Å². The predicted octanol–water partition coefficient (Wildman–Crippen LogP) is 4.17. The number of para-hydroxylation sites is 1. The predicted molar refractivity (Wildman–Crippen MR) is 94.0 cm³/mol. The summed E-state index contributed by atoms with van der Waals surface area (Å²) in [5.41, 5.74) is 0.356. The van der Waals surface area contributed by atoms with E-state index in [0.717, 1.165) is 17.7 Å². The molecule has 0 heterocycles. The van der Waals surface area contributed by atoms with E-state index in [1.54, 1.807) is 7.05 Å². The number of nitrogens with zero attached hydrogens (tertiary/aromatic N) is 1. The molecule has 1 amide bonds. The van der Waals surface area contributed by atoms with Gasteiger partial charge in [0.25, 0.3) is 0 Å². The number of nitrogens with one attached hydrogen (secondary N) is 1. The minimum Gasteiger partial charge on any atom is -0.494 e. The Kier molecular flexibility index (Phi) is 6.49. The van der Waals surface area contributed by atoms with Gasteiger partial charge in [0.05, 0.1) is 18.7 Å². The minimum atomic E-state index is -4.42. The summed E-state index contributed by atoms with van der Waals surface area (Å²) in [6.07, 6.45) is -4.42. The summed E-state index contributed by atoms with van der Waals surface area (Å²) < 4.78 is 43.7. The standard InChI is InChI=1S/C19H21F3N2O2/c1-3-26-17-10-5-4-7-14(17)13-24(2)18(25)12-23-16-9-6-8-15(11-16)19(20,21)22/h4-11,23H,3,12-13H2,1-2H3.